The van der Waals surface area contributed by atoms with Crippen molar-refractivity contribution < 1.29 is 24.1 Å². The van der Waals surface area contributed by atoms with Gasteiger partial charge in [0.2, 0.25) is 0 Å². The molecular formula is C22H44O5P4. The lowest BCUT2D eigenvalue weighted by Gasteiger charge is -2.31. The molecular weight excluding hydrogens is 468 g/mol. The zero-order chi connectivity index (χ0) is 23.4. The molecule has 31 heavy (non-hydrogen) atoms. The predicted octanol–water partition coefficient (Wildman–Crippen LogP) is 6.15. The Morgan fingerprint density at radius 1 is 1.23 bits per heavy atom. The molecule has 1 aliphatic rings. The molecule has 0 aliphatic heterocycles. The number of aliphatic hydroxyl groups is 2. The number of aliphatic hydroxyl groups excluding tert-OH is 2. The molecule has 0 aromatic heterocycles. The van der Waals surface area contributed by atoms with Gasteiger partial charge >= 0.3 is 5.97 Å². The zero-order valence-electron chi connectivity index (χ0n) is 19.4. The first-order valence-electron chi connectivity index (χ1n) is 11.5. The van der Waals surface area contributed by atoms with Gasteiger partial charge in [0, 0.05) is 22.3 Å². The fourth-order valence-electron chi connectivity index (χ4n) is 4.26. The molecule has 0 amide bonds. The molecule has 0 bridgehead atoms. The lowest BCUT2D eigenvalue weighted by atomic mass is 9.78. The molecule has 182 valence electrons. The number of carbonyl (C=O) groups excluding carboxylic acids is 1. The van der Waals surface area contributed by atoms with Crippen molar-refractivity contribution in [2.24, 2.45) is 17.3 Å². The van der Waals surface area contributed by atoms with Crippen LogP contribution in [0.3, 0.4) is 0 Å². The van der Waals surface area contributed by atoms with E-state index in [2.05, 4.69) is 60.2 Å². The highest BCUT2D eigenvalue weighted by Crippen LogP contribution is 2.53. The lowest BCUT2D eigenvalue weighted by Crippen LogP contribution is -2.31. The topological polar surface area (TPSA) is 76.0 Å². The molecule has 1 rings (SSSR count). The highest BCUT2D eigenvalue weighted by molar-refractivity contribution is 8.41. The quantitative estimate of drug-likeness (QED) is 0.156. The van der Waals surface area contributed by atoms with Crippen LogP contribution in [-0.2, 0) is 13.8 Å². The molecule has 0 aromatic carbocycles. The fraction of sp³-hybridized carbons (Fsp3) is 0.864. The summed E-state index contributed by atoms with van der Waals surface area (Å²) in [5.41, 5.74) is -0.0890. The molecule has 2 N–H and O–H groups in total. The van der Waals surface area contributed by atoms with Gasteiger partial charge in [-0.05, 0) is 62.2 Å². The second-order valence-electron chi connectivity index (χ2n) is 9.37. The van der Waals surface area contributed by atoms with Gasteiger partial charge in [0.15, 0.2) is 0 Å². The number of carbonyl (C=O) groups is 1. The Hall–Kier alpha value is 0.810. The molecule has 9 heteroatoms. The average molecular weight is 512 g/mol. The van der Waals surface area contributed by atoms with E-state index in [9.17, 15) is 15.0 Å². The first-order valence-corrected chi connectivity index (χ1v) is 16.5. The maximum atomic E-state index is 11.5. The van der Waals surface area contributed by atoms with Crippen molar-refractivity contribution in [3.05, 3.63) is 12.2 Å². The Bertz CT molecular complexity index is 544. The molecule has 8 atom stereocenters. The monoisotopic (exact) mass is 512 g/mol. The Morgan fingerprint density at radius 3 is 2.55 bits per heavy atom. The van der Waals surface area contributed by atoms with Gasteiger partial charge in [-0.25, -0.2) is 0 Å². The van der Waals surface area contributed by atoms with Gasteiger partial charge < -0.3 is 19.3 Å². The normalized spacial score (nSPS) is 25.5. The summed E-state index contributed by atoms with van der Waals surface area (Å²) in [5, 5.41) is 21.2. The van der Waals surface area contributed by atoms with Crippen LogP contribution in [0.5, 0.6) is 0 Å². The standard InChI is InChI=1S/C22H44O5P4/c1-4-22(2,3)20(24)14-13-17-16(18(23)15-19(17)26-28)11-9-7-5-6-8-10-12-21(25)27-31(29)30/h7,9,16-20,23-24H,4-6,8,10-15,28-30H2,1-3H3/b9-7-/t16?,17-,18?,19?,20?/m1/s1. The number of hydrogen-bond donors (Lipinski definition) is 2. The first kappa shape index (κ1) is 29.8. The minimum Gasteiger partial charge on any atom is -0.437 e. The van der Waals surface area contributed by atoms with E-state index in [4.69, 9.17) is 9.05 Å². The van der Waals surface area contributed by atoms with Gasteiger partial charge in [-0.2, -0.15) is 0 Å². The molecule has 5 nitrogen and oxygen atoms in total. The van der Waals surface area contributed by atoms with Gasteiger partial charge in [-0.3, -0.25) is 4.79 Å². The molecule has 1 aliphatic carbocycles. The largest absolute Gasteiger partial charge is 0.437 e. The molecule has 0 saturated heterocycles. The van der Waals surface area contributed by atoms with Crippen LogP contribution < -0.4 is 0 Å². The Morgan fingerprint density at radius 2 is 1.94 bits per heavy atom. The molecule has 0 spiro atoms. The predicted molar refractivity (Wildman–Crippen MR) is 141 cm³/mol. The van der Waals surface area contributed by atoms with Crippen LogP contribution in [0.4, 0.5) is 0 Å². The summed E-state index contributed by atoms with van der Waals surface area (Å²) in [6, 6.07) is 0. The third-order valence-corrected chi connectivity index (χ3v) is 8.19. The van der Waals surface area contributed by atoms with Crippen molar-refractivity contribution in [3.8, 4) is 0 Å². The van der Waals surface area contributed by atoms with Crippen molar-refractivity contribution in [2.75, 3.05) is 0 Å². The van der Waals surface area contributed by atoms with E-state index < -0.39 is 7.53 Å². The highest BCUT2D eigenvalue weighted by atomic mass is 32.4. The zero-order valence-corrected chi connectivity index (χ0v) is 23.8. The Kier molecular flexibility index (Phi) is 15.1. The van der Waals surface area contributed by atoms with Crippen LogP contribution in [0.25, 0.3) is 0 Å². The molecule has 7 unspecified atom stereocenters. The van der Waals surface area contributed by atoms with Gasteiger partial charge in [0.25, 0.3) is 0 Å². The van der Waals surface area contributed by atoms with Gasteiger partial charge in [-0.15, -0.1) is 0 Å². The third kappa shape index (κ3) is 11.2. The third-order valence-electron chi connectivity index (χ3n) is 6.79. The summed E-state index contributed by atoms with van der Waals surface area (Å²) in [6.07, 6.45) is 12.1. The maximum absolute atomic E-state index is 11.5. The van der Waals surface area contributed by atoms with Gasteiger partial charge in [0.1, 0.15) is 7.53 Å². The smallest absolute Gasteiger partial charge is 0.309 e. The molecule has 1 fully saturated rings. The summed E-state index contributed by atoms with van der Waals surface area (Å²) in [6.45, 7) is 6.33. The minimum absolute atomic E-state index is 0.0270. The first-order chi connectivity index (χ1) is 14.6. The SMILES string of the molecule is CCC(C)(C)C(O)CC[C@H]1C(OP)CC(O)C1C/C=C\CCCCCC(=O)OP(P)P. The molecule has 1 saturated carbocycles. The second kappa shape index (κ2) is 15.7. The van der Waals surface area contributed by atoms with Crippen LogP contribution >= 0.6 is 34.8 Å². The molecule has 0 radical (unpaired) electrons. The van der Waals surface area contributed by atoms with Gasteiger partial charge in [0.05, 0.1) is 18.3 Å². The van der Waals surface area contributed by atoms with Crippen molar-refractivity contribution in [3.63, 3.8) is 0 Å². The van der Waals surface area contributed by atoms with Crippen LogP contribution in [0.2, 0.25) is 0 Å². The highest BCUT2D eigenvalue weighted by Gasteiger charge is 2.42. The van der Waals surface area contributed by atoms with Crippen LogP contribution in [0.1, 0.15) is 85.0 Å². The summed E-state index contributed by atoms with van der Waals surface area (Å²) in [4.78, 5) is 11.5. The van der Waals surface area contributed by atoms with Crippen molar-refractivity contribution >= 4 is 40.8 Å². The van der Waals surface area contributed by atoms with Crippen molar-refractivity contribution in [2.45, 2.75) is 103 Å². The molecule has 0 heterocycles. The van der Waals surface area contributed by atoms with E-state index in [1.54, 1.807) is 0 Å². The number of unbranched alkanes of at least 4 members (excludes halogenated alkanes) is 3. The van der Waals surface area contributed by atoms with E-state index in [-0.39, 0.29) is 41.5 Å². The van der Waals surface area contributed by atoms with E-state index in [0.29, 0.717) is 12.8 Å². The van der Waals surface area contributed by atoms with Crippen LogP contribution in [0.15, 0.2) is 12.2 Å². The minimum atomic E-state index is -0.775. The van der Waals surface area contributed by atoms with E-state index in [0.717, 1.165) is 51.4 Å². The Balaban J connectivity index is 2.40. The lowest BCUT2D eigenvalue weighted by molar-refractivity contribution is -0.133. The van der Waals surface area contributed by atoms with E-state index in [1.165, 1.54) is 0 Å². The average Bonchev–Trinajstić information content (AvgIpc) is 3.01. The summed E-state index contributed by atoms with van der Waals surface area (Å²) in [7, 11) is 6.57. The summed E-state index contributed by atoms with van der Waals surface area (Å²) in [5.74, 6) is 0.304. The summed E-state index contributed by atoms with van der Waals surface area (Å²) >= 11 is 0. The maximum Gasteiger partial charge on any atom is 0.309 e. The van der Waals surface area contributed by atoms with Crippen molar-refractivity contribution in [1.82, 2.24) is 0 Å². The number of hydrogen-bond acceptors (Lipinski definition) is 5. The van der Waals surface area contributed by atoms with Crippen LogP contribution in [-0.4, -0.2) is 34.5 Å². The summed E-state index contributed by atoms with van der Waals surface area (Å²) < 4.78 is 10.7. The Labute approximate surface area is 197 Å². The fourth-order valence-corrected chi connectivity index (χ4v) is 5.60. The van der Waals surface area contributed by atoms with E-state index >= 15 is 0 Å². The van der Waals surface area contributed by atoms with Crippen LogP contribution in [0, 0.1) is 17.3 Å². The van der Waals surface area contributed by atoms with E-state index in [1.807, 2.05) is 0 Å². The van der Waals surface area contributed by atoms with Gasteiger partial charge in [-0.1, -0.05) is 57.2 Å². The number of rotatable bonds is 15. The molecule has 0 aromatic rings. The van der Waals surface area contributed by atoms with Crippen molar-refractivity contribution in [1.29, 1.82) is 0 Å². The number of allylic oxidation sites excluding steroid dienone is 2. The second-order valence-corrected chi connectivity index (χ2v) is 15.4.